The minimum Gasteiger partial charge on any atom is -0.375 e. The summed E-state index contributed by atoms with van der Waals surface area (Å²) in [5.74, 6) is -1.57. The average molecular weight is 501 g/mol. The molecule has 0 radical (unpaired) electrons. The molecule has 0 spiro atoms. The second kappa shape index (κ2) is 7.98. The lowest BCUT2D eigenvalue weighted by atomic mass is 9.93. The predicted molar refractivity (Wildman–Crippen MR) is 124 cm³/mol. The van der Waals surface area contributed by atoms with E-state index in [1.165, 1.54) is 25.2 Å². The maximum atomic E-state index is 15.2. The van der Waals surface area contributed by atoms with Gasteiger partial charge in [-0.3, -0.25) is 9.69 Å². The summed E-state index contributed by atoms with van der Waals surface area (Å²) in [5.41, 5.74) is -0.792. The van der Waals surface area contributed by atoms with Gasteiger partial charge in [0.05, 0.1) is 26.8 Å². The molecular formula is C23H15Cl2FN4O4. The number of anilines is 1. The number of nitrogens with one attached hydrogen (secondary N) is 2. The van der Waals surface area contributed by atoms with Crippen LogP contribution in [-0.2, 0) is 5.72 Å². The second-order valence-electron chi connectivity index (χ2n) is 7.47. The highest BCUT2D eigenvalue weighted by Crippen LogP contribution is 2.47. The average Bonchev–Trinajstić information content (AvgIpc) is 3.34. The summed E-state index contributed by atoms with van der Waals surface area (Å²) in [5, 5.41) is 14.0. The van der Waals surface area contributed by atoms with E-state index >= 15 is 4.39 Å². The van der Waals surface area contributed by atoms with Crippen LogP contribution in [-0.4, -0.2) is 34.1 Å². The number of aromatic amines is 1. The topological polar surface area (TPSA) is 108 Å². The van der Waals surface area contributed by atoms with Crippen molar-refractivity contribution in [3.8, 4) is 6.01 Å². The molecule has 1 unspecified atom stereocenters. The summed E-state index contributed by atoms with van der Waals surface area (Å²) in [6.07, 6.45) is -0.713. The highest BCUT2D eigenvalue weighted by atomic mass is 35.5. The standard InChI is InChI=1S/C23H15Cl2FN4O4/c1-27-22(32)34-21-28-15-8-6-11(10-16(15)29-21)23(33)13-5-3-2-4-12(13)20(31)30(23)17-9-7-14(24)18(25)19(17)26/h2-10,33H,1H3,(H,27,32)(H,28,29). The number of nitrogens with zero attached hydrogens (tertiary/aromatic N) is 2. The van der Waals surface area contributed by atoms with Gasteiger partial charge in [-0.25, -0.2) is 9.18 Å². The third kappa shape index (κ3) is 3.20. The van der Waals surface area contributed by atoms with E-state index in [0.717, 1.165) is 4.90 Å². The SMILES string of the molecule is CNC(=O)Oc1nc2ccc(C3(O)c4ccccc4C(=O)N3c3ccc(Cl)c(Cl)c3F)cc2[nH]1. The van der Waals surface area contributed by atoms with Crippen molar-refractivity contribution in [3.05, 3.63) is 87.2 Å². The number of hydrogen-bond donors (Lipinski definition) is 3. The van der Waals surface area contributed by atoms with Gasteiger partial charge in [0.25, 0.3) is 5.91 Å². The Bertz CT molecular complexity index is 1490. The maximum absolute atomic E-state index is 15.2. The van der Waals surface area contributed by atoms with Crippen LogP contribution < -0.4 is 15.0 Å². The first-order chi connectivity index (χ1) is 16.3. The Morgan fingerprint density at radius 2 is 1.97 bits per heavy atom. The molecule has 3 N–H and O–H groups in total. The van der Waals surface area contributed by atoms with Crippen molar-refractivity contribution in [1.29, 1.82) is 0 Å². The van der Waals surface area contributed by atoms with Crippen LogP contribution in [0.2, 0.25) is 10.0 Å². The first-order valence-corrected chi connectivity index (χ1v) is 10.7. The van der Waals surface area contributed by atoms with Crippen molar-refractivity contribution in [2.24, 2.45) is 0 Å². The normalized spacial score (nSPS) is 17.2. The van der Waals surface area contributed by atoms with Crippen LogP contribution in [0, 0.1) is 5.82 Å². The molecule has 11 heteroatoms. The fraction of sp³-hybridized carbons (Fsp3) is 0.0870. The first-order valence-electron chi connectivity index (χ1n) is 9.95. The Balaban J connectivity index is 1.71. The molecule has 1 aliphatic rings. The van der Waals surface area contributed by atoms with Gasteiger partial charge in [0, 0.05) is 23.7 Å². The van der Waals surface area contributed by atoms with Gasteiger partial charge >= 0.3 is 12.1 Å². The number of halogens is 3. The number of imidazole rings is 1. The number of aliphatic hydroxyl groups is 1. The summed E-state index contributed by atoms with van der Waals surface area (Å²) >= 11 is 11.9. The zero-order valence-corrected chi connectivity index (χ0v) is 18.9. The molecule has 2 heterocycles. The molecule has 1 aliphatic heterocycles. The van der Waals surface area contributed by atoms with Crippen molar-refractivity contribution >= 4 is 51.9 Å². The van der Waals surface area contributed by atoms with E-state index in [-0.39, 0.29) is 38.4 Å². The number of rotatable bonds is 3. The summed E-state index contributed by atoms with van der Waals surface area (Å²) in [6, 6.07) is 13.7. The lowest BCUT2D eigenvalue weighted by Crippen LogP contribution is -2.45. The largest absolute Gasteiger partial charge is 0.414 e. The maximum Gasteiger partial charge on any atom is 0.414 e. The van der Waals surface area contributed by atoms with Gasteiger partial charge in [-0.15, -0.1) is 0 Å². The summed E-state index contributed by atoms with van der Waals surface area (Å²) in [6.45, 7) is 0. The first kappa shape index (κ1) is 22.1. The highest BCUT2D eigenvalue weighted by Gasteiger charge is 2.51. The Hall–Kier alpha value is -3.66. The van der Waals surface area contributed by atoms with E-state index < -0.39 is 23.5 Å². The monoisotopic (exact) mass is 500 g/mol. The fourth-order valence-corrected chi connectivity index (χ4v) is 4.31. The minimum atomic E-state index is -2.09. The molecule has 5 rings (SSSR count). The van der Waals surface area contributed by atoms with Crippen molar-refractivity contribution in [2.75, 3.05) is 11.9 Å². The Morgan fingerprint density at radius 3 is 2.74 bits per heavy atom. The minimum absolute atomic E-state index is 0.0295. The number of hydrogen-bond acceptors (Lipinski definition) is 5. The molecule has 2 amide bonds. The Labute approximate surface area is 201 Å². The van der Waals surface area contributed by atoms with Crippen LogP contribution in [0.5, 0.6) is 6.01 Å². The summed E-state index contributed by atoms with van der Waals surface area (Å²) in [4.78, 5) is 32.9. The number of benzene rings is 3. The third-order valence-electron chi connectivity index (χ3n) is 5.57. The van der Waals surface area contributed by atoms with Gasteiger partial charge in [-0.2, -0.15) is 4.98 Å². The molecule has 3 aromatic carbocycles. The smallest absolute Gasteiger partial charge is 0.375 e. The Kier molecular flexibility index (Phi) is 5.20. The number of aromatic nitrogens is 2. The lowest BCUT2D eigenvalue weighted by Gasteiger charge is -2.35. The quantitative estimate of drug-likeness (QED) is 0.357. The predicted octanol–water partition coefficient (Wildman–Crippen LogP) is 4.58. The zero-order valence-electron chi connectivity index (χ0n) is 17.4. The highest BCUT2D eigenvalue weighted by molar-refractivity contribution is 6.42. The van der Waals surface area contributed by atoms with Crippen LogP contribution in [0.4, 0.5) is 14.9 Å². The number of carbonyl (C=O) groups is 2. The van der Waals surface area contributed by atoms with E-state index in [1.54, 1.807) is 36.4 Å². The van der Waals surface area contributed by atoms with Gasteiger partial charge in [-0.05, 0) is 30.3 Å². The molecule has 34 heavy (non-hydrogen) atoms. The zero-order chi connectivity index (χ0) is 24.2. The number of ether oxygens (including phenoxy) is 1. The van der Waals surface area contributed by atoms with Gasteiger partial charge < -0.3 is 20.1 Å². The lowest BCUT2D eigenvalue weighted by molar-refractivity contribution is 0.0699. The van der Waals surface area contributed by atoms with Crippen LogP contribution in [0.1, 0.15) is 21.5 Å². The van der Waals surface area contributed by atoms with Crippen LogP contribution in [0.25, 0.3) is 11.0 Å². The number of carbonyl (C=O) groups excluding carboxylic acids is 2. The van der Waals surface area contributed by atoms with Crippen LogP contribution in [0.15, 0.2) is 54.6 Å². The molecule has 8 nitrogen and oxygen atoms in total. The van der Waals surface area contributed by atoms with Crippen molar-refractivity contribution in [3.63, 3.8) is 0 Å². The molecule has 172 valence electrons. The number of H-pyrrole nitrogens is 1. The molecule has 0 saturated heterocycles. The molecule has 0 bridgehead atoms. The van der Waals surface area contributed by atoms with Gasteiger partial charge in [-0.1, -0.05) is 47.5 Å². The molecule has 0 fully saturated rings. The fourth-order valence-electron chi connectivity index (χ4n) is 4.01. The van der Waals surface area contributed by atoms with E-state index in [2.05, 4.69) is 15.3 Å². The molecule has 4 aromatic rings. The molecule has 0 aliphatic carbocycles. The Morgan fingerprint density at radius 1 is 1.21 bits per heavy atom. The third-order valence-corrected chi connectivity index (χ3v) is 6.35. The van der Waals surface area contributed by atoms with Gasteiger partial charge in [0.15, 0.2) is 11.5 Å². The van der Waals surface area contributed by atoms with E-state index in [4.69, 9.17) is 27.9 Å². The molecular weight excluding hydrogens is 486 g/mol. The van der Waals surface area contributed by atoms with E-state index in [0.29, 0.717) is 11.0 Å². The van der Waals surface area contributed by atoms with E-state index in [9.17, 15) is 14.7 Å². The van der Waals surface area contributed by atoms with Gasteiger partial charge in [0.2, 0.25) is 0 Å². The van der Waals surface area contributed by atoms with Crippen molar-refractivity contribution < 1.29 is 23.8 Å². The number of amides is 2. The molecule has 1 aromatic heterocycles. The van der Waals surface area contributed by atoms with E-state index in [1.807, 2.05) is 0 Å². The summed E-state index contributed by atoms with van der Waals surface area (Å²) in [7, 11) is 1.41. The van der Waals surface area contributed by atoms with Crippen LogP contribution in [0.3, 0.4) is 0 Å². The molecule has 0 saturated carbocycles. The van der Waals surface area contributed by atoms with Crippen molar-refractivity contribution in [1.82, 2.24) is 15.3 Å². The van der Waals surface area contributed by atoms with Crippen LogP contribution >= 0.6 is 23.2 Å². The number of fused-ring (bicyclic) bond motifs is 2. The van der Waals surface area contributed by atoms with Gasteiger partial charge in [0.1, 0.15) is 0 Å². The molecule has 1 atom stereocenters. The summed E-state index contributed by atoms with van der Waals surface area (Å²) < 4.78 is 20.2. The van der Waals surface area contributed by atoms with Crippen molar-refractivity contribution in [2.45, 2.75) is 5.72 Å². The second-order valence-corrected chi connectivity index (χ2v) is 8.25.